The highest BCUT2D eigenvalue weighted by Gasteiger charge is 2.36. The van der Waals surface area contributed by atoms with Gasteiger partial charge >= 0.3 is 0 Å². The number of methoxy groups -OCH3 is 1. The molecule has 2 fully saturated rings. The Morgan fingerprint density at radius 1 is 1.24 bits per heavy atom. The van der Waals surface area contributed by atoms with E-state index in [2.05, 4.69) is 16.8 Å². The summed E-state index contributed by atoms with van der Waals surface area (Å²) in [5.74, 6) is 0.313. The van der Waals surface area contributed by atoms with Crippen LogP contribution in [0.5, 0.6) is 0 Å². The van der Waals surface area contributed by atoms with Gasteiger partial charge in [0.05, 0.1) is 22.0 Å². The molecule has 3 atom stereocenters. The Morgan fingerprint density at radius 2 is 2.09 bits per heavy atom. The molecule has 3 aromatic rings. The predicted octanol–water partition coefficient (Wildman–Crippen LogP) is 3.56. The zero-order valence-electron chi connectivity index (χ0n) is 19.3. The Morgan fingerprint density at radius 3 is 2.82 bits per heavy atom. The summed E-state index contributed by atoms with van der Waals surface area (Å²) < 4.78 is 34.4. The van der Waals surface area contributed by atoms with Crippen molar-refractivity contribution in [2.24, 2.45) is 11.7 Å². The molecule has 3 heterocycles. The van der Waals surface area contributed by atoms with Crippen LogP contribution in [0.2, 0.25) is 0 Å². The molecule has 1 saturated carbocycles. The largest absolute Gasteiger partial charge is 0.380 e. The van der Waals surface area contributed by atoms with E-state index in [9.17, 15) is 8.42 Å². The zero-order valence-corrected chi connectivity index (χ0v) is 20.1. The fourth-order valence-corrected chi connectivity index (χ4v) is 6.84. The molecule has 5 rings (SSSR count). The highest BCUT2D eigenvalue weighted by atomic mass is 32.2. The molecule has 176 valence electrons. The summed E-state index contributed by atoms with van der Waals surface area (Å²) in [4.78, 5) is 7.00. The number of anilines is 1. The highest BCUT2D eigenvalue weighted by Crippen LogP contribution is 2.37. The van der Waals surface area contributed by atoms with Crippen LogP contribution in [0.25, 0.3) is 11.0 Å². The van der Waals surface area contributed by atoms with Gasteiger partial charge in [0.2, 0.25) is 0 Å². The van der Waals surface area contributed by atoms with Crippen LogP contribution < -0.4 is 10.6 Å². The third-order valence-electron chi connectivity index (χ3n) is 7.49. The lowest BCUT2D eigenvalue weighted by atomic mass is 9.85. The number of benzene rings is 1. The van der Waals surface area contributed by atoms with Gasteiger partial charge in [-0.2, -0.15) is 0 Å². The summed E-state index contributed by atoms with van der Waals surface area (Å²) in [6, 6.07) is 10.8. The van der Waals surface area contributed by atoms with Gasteiger partial charge in [0.15, 0.2) is 0 Å². The molecule has 0 bridgehead atoms. The predicted molar refractivity (Wildman–Crippen MR) is 130 cm³/mol. The van der Waals surface area contributed by atoms with E-state index in [0.717, 1.165) is 62.0 Å². The standard InChI is InChI=1S/C25H32N4O3S/c1-25(26)11-4-6-19(25)14-18-16-29(23-9-5-12-27-24(18)23)33(30,31)22-8-3-7-20(15-22)28-13-10-21(17-28)32-2/h3,5,7-9,12,15-16,19,21H,4,6,10-11,13-14,17,26H2,1-2H3/t19-,21+,25?/m1/s1. The number of pyridine rings is 1. The van der Waals surface area contributed by atoms with Crippen LogP contribution >= 0.6 is 0 Å². The van der Waals surface area contributed by atoms with Gasteiger partial charge in [-0.05, 0) is 74.4 Å². The monoisotopic (exact) mass is 468 g/mol. The van der Waals surface area contributed by atoms with E-state index in [-0.39, 0.29) is 16.5 Å². The Labute approximate surface area is 195 Å². The molecule has 1 aliphatic carbocycles. The maximum Gasteiger partial charge on any atom is 0.268 e. The molecule has 33 heavy (non-hydrogen) atoms. The van der Waals surface area contributed by atoms with E-state index < -0.39 is 10.0 Å². The number of rotatable bonds is 6. The van der Waals surface area contributed by atoms with Crippen molar-refractivity contribution in [2.45, 2.75) is 55.6 Å². The molecule has 1 aromatic carbocycles. The highest BCUT2D eigenvalue weighted by molar-refractivity contribution is 7.90. The first kappa shape index (κ1) is 22.4. The summed E-state index contributed by atoms with van der Waals surface area (Å²) >= 11 is 0. The van der Waals surface area contributed by atoms with E-state index in [1.165, 1.54) is 3.97 Å². The van der Waals surface area contributed by atoms with Gasteiger partial charge < -0.3 is 15.4 Å². The zero-order chi connectivity index (χ0) is 23.2. The molecule has 2 aromatic heterocycles. The van der Waals surface area contributed by atoms with Gasteiger partial charge in [0.1, 0.15) is 0 Å². The second-order valence-corrected chi connectivity index (χ2v) is 11.5. The molecular weight excluding hydrogens is 436 g/mol. The van der Waals surface area contributed by atoms with E-state index in [4.69, 9.17) is 10.5 Å². The van der Waals surface area contributed by atoms with Crippen molar-refractivity contribution in [3.05, 3.63) is 54.4 Å². The molecule has 0 spiro atoms. The van der Waals surface area contributed by atoms with Crippen LogP contribution in [0, 0.1) is 5.92 Å². The van der Waals surface area contributed by atoms with E-state index in [0.29, 0.717) is 11.4 Å². The topological polar surface area (TPSA) is 90.5 Å². The van der Waals surface area contributed by atoms with Crippen molar-refractivity contribution in [3.8, 4) is 0 Å². The quantitative estimate of drug-likeness (QED) is 0.595. The first-order valence-electron chi connectivity index (χ1n) is 11.7. The van der Waals surface area contributed by atoms with Crippen LogP contribution in [0.1, 0.15) is 38.2 Å². The smallest absolute Gasteiger partial charge is 0.268 e. The van der Waals surface area contributed by atoms with E-state index >= 15 is 0 Å². The summed E-state index contributed by atoms with van der Waals surface area (Å²) in [6.07, 6.45) is 8.48. The number of ether oxygens (including phenoxy) is 1. The summed E-state index contributed by atoms with van der Waals surface area (Å²) in [5.41, 5.74) is 9.49. The van der Waals surface area contributed by atoms with Gasteiger partial charge in [-0.3, -0.25) is 4.98 Å². The molecule has 7 nitrogen and oxygen atoms in total. The second-order valence-electron chi connectivity index (χ2n) is 9.72. The van der Waals surface area contributed by atoms with Crippen LogP contribution in [-0.4, -0.2) is 49.2 Å². The van der Waals surface area contributed by atoms with Crippen LogP contribution in [0.15, 0.2) is 53.7 Å². The minimum atomic E-state index is -3.79. The minimum Gasteiger partial charge on any atom is -0.380 e. The lowest BCUT2D eigenvalue weighted by Gasteiger charge is -2.26. The number of nitrogens with zero attached hydrogens (tertiary/aromatic N) is 3. The third-order valence-corrected chi connectivity index (χ3v) is 9.16. The van der Waals surface area contributed by atoms with Crippen molar-refractivity contribution >= 4 is 26.7 Å². The third kappa shape index (κ3) is 4.05. The number of hydrogen-bond acceptors (Lipinski definition) is 6. The fourth-order valence-electron chi connectivity index (χ4n) is 5.42. The van der Waals surface area contributed by atoms with Crippen molar-refractivity contribution in [1.82, 2.24) is 8.96 Å². The maximum absolute atomic E-state index is 13.8. The Kier molecular flexibility index (Phi) is 5.71. The first-order chi connectivity index (χ1) is 15.8. The molecule has 2 N–H and O–H groups in total. The van der Waals surface area contributed by atoms with Gasteiger partial charge in [-0.1, -0.05) is 12.5 Å². The Bertz CT molecular complexity index is 1270. The van der Waals surface area contributed by atoms with Crippen molar-refractivity contribution in [1.29, 1.82) is 0 Å². The van der Waals surface area contributed by atoms with Gasteiger partial charge in [-0.25, -0.2) is 12.4 Å². The van der Waals surface area contributed by atoms with Crippen molar-refractivity contribution in [2.75, 3.05) is 25.1 Å². The Balaban J connectivity index is 1.52. The average Bonchev–Trinajstić information content (AvgIpc) is 3.52. The van der Waals surface area contributed by atoms with Gasteiger partial charge in [0, 0.05) is 43.8 Å². The van der Waals surface area contributed by atoms with Crippen molar-refractivity contribution < 1.29 is 13.2 Å². The van der Waals surface area contributed by atoms with Crippen LogP contribution in [0.3, 0.4) is 0 Å². The van der Waals surface area contributed by atoms with Gasteiger partial charge in [-0.15, -0.1) is 0 Å². The van der Waals surface area contributed by atoms with Crippen LogP contribution in [0.4, 0.5) is 5.69 Å². The molecule has 1 saturated heterocycles. The SMILES string of the molecule is CO[C@H]1CCN(c2cccc(S(=O)(=O)n3cc(C[C@H]4CCCC4(C)N)c4ncccc43)c2)C1. The lowest BCUT2D eigenvalue weighted by Crippen LogP contribution is -2.40. The molecule has 8 heteroatoms. The lowest BCUT2D eigenvalue weighted by molar-refractivity contribution is 0.121. The summed E-state index contributed by atoms with van der Waals surface area (Å²) in [5, 5.41) is 0. The molecular formula is C25H32N4O3S. The molecule has 1 aliphatic heterocycles. The molecule has 1 unspecified atom stereocenters. The average molecular weight is 469 g/mol. The molecule has 0 radical (unpaired) electrons. The van der Waals surface area contributed by atoms with Crippen LogP contribution in [-0.2, 0) is 21.2 Å². The normalized spacial score (nSPS) is 25.8. The minimum absolute atomic E-state index is 0.177. The Hall–Kier alpha value is -2.42. The molecule has 2 aliphatic rings. The number of hydrogen-bond donors (Lipinski definition) is 1. The first-order valence-corrected chi connectivity index (χ1v) is 13.1. The molecule has 0 amide bonds. The van der Waals surface area contributed by atoms with E-state index in [1.54, 1.807) is 37.7 Å². The summed E-state index contributed by atoms with van der Waals surface area (Å²) in [7, 11) is -2.07. The van der Waals surface area contributed by atoms with Gasteiger partial charge in [0.25, 0.3) is 10.0 Å². The second kappa shape index (κ2) is 8.42. The number of aromatic nitrogens is 2. The van der Waals surface area contributed by atoms with E-state index in [1.807, 2.05) is 18.2 Å². The summed E-state index contributed by atoms with van der Waals surface area (Å²) in [6.45, 7) is 3.72. The maximum atomic E-state index is 13.8. The van der Waals surface area contributed by atoms with Crippen molar-refractivity contribution in [3.63, 3.8) is 0 Å². The number of fused-ring (bicyclic) bond motifs is 1. The number of nitrogens with two attached hydrogens (primary N) is 1. The fraction of sp³-hybridized carbons (Fsp3) is 0.480.